The van der Waals surface area contributed by atoms with Crippen LogP contribution in [0.25, 0.3) is 10.9 Å². The van der Waals surface area contributed by atoms with Crippen LogP contribution in [0.3, 0.4) is 0 Å². The molecule has 4 heterocycles. The lowest BCUT2D eigenvalue weighted by Gasteiger charge is -2.60. The number of fused-ring (bicyclic) bond motifs is 6. The van der Waals surface area contributed by atoms with Crippen molar-refractivity contribution < 1.29 is 33.4 Å². The number of nitriles is 1. The minimum atomic E-state index is -0.933. The van der Waals surface area contributed by atoms with Gasteiger partial charge >= 0.3 is 0 Å². The normalized spacial score (nSPS) is 27.5. The lowest BCUT2D eigenvalue weighted by atomic mass is 9.67. The number of rotatable bonds is 5. The molecule has 2 bridgehead atoms. The Morgan fingerprint density at radius 2 is 1.50 bits per heavy atom. The number of pyridine rings is 1. The van der Waals surface area contributed by atoms with Crippen LogP contribution < -0.4 is 5.32 Å². The summed E-state index contributed by atoms with van der Waals surface area (Å²) in [5.41, 5.74) is 2.20. The molecule has 12 heteroatoms. The van der Waals surface area contributed by atoms with Gasteiger partial charge in [0, 0.05) is 57.5 Å². The summed E-state index contributed by atoms with van der Waals surface area (Å²) >= 11 is 0. The number of likely N-dealkylation sites (N-methyl/N-ethyl adjacent to an activating group) is 1. The van der Waals surface area contributed by atoms with Crippen LogP contribution in [0.4, 0.5) is 0 Å². The summed E-state index contributed by atoms with van der Waals surface area (Å²) < 4.78 is 10.8. The highest BCUT2D eigenvalue weighted by atomic mass is 16.5. The SMILES string of the molecule is COC1=C(C)C(=O)C2=C(C1=O)[C@@H]1[C@@H]3CC4=C(C(=O)C(OC)=C(C)C4=O)[C@H](CNC(=O)c4ccc5ccccc5n4)N3[C@@H](C#N)[C@H](C2)N1C. The number of para-hydroxylation sites is 1. The van der Waals surface area contributed by atoms with Gasteiger partial charge in [-0.2, -0.15) is 5.26 Å². The summed E-state index contributed by atoms with van der Waals surface area (Å²) in [6.45, 7) is 2.95. The molecule has 5 aliphatic rings. The first-order valence-electron chi connectivity index (χ1n) is 15.7. The van der Waals surface area contributed by atoms with Gasteiger partial charge in [-0.3, -0.25) is 33.8 Å². The second kappa shape index (κ2) is 11.5. The Bertz CT molecular complexity index is 2050. The van der Waals surface area contributed by atoms with Crippen molar-refractivity contribution in [3.8, 4) is 6.07 Å². The number of hydrogen-bond donors (Lipinski definition) is 1. The first-order valence-corrected chi connectivity index (χ1v) is 15.7. The molecule has 3 aliphatic heterocycles. The van der Waals surface area contributed by atoms with E-state index >= 15 is 0 Å². The first kappa shape index (κ1) is 31.4. The van der Waals surface area contributed by atoms with Crippen LogP contribution in [0.15, 0.2) is 81.4 Å². The fourth-order valence-corrected chi connectivity index (χ4v) is 8.29. The number of methoxy groups -OCH3 is 2. The molecular weight excluding hydrogens is 614 g/mol. The number of amides is 1. The topological polar surface area (TPSA) is 159 Å². The van der Waals surface area contributed by atoms with Gasteiger partial charge in [0.15, 0.2) is 23.1 Å². The van der Waals surface area contributed by atoms with Crippen LogP contribution in [0.1, 0.15) is 37.2 Å². The van der Waals surface area contributed by atoms with E-state index < -0.39 is 47.7 Å². The monoisotopic (exact) mass is 647 g/mol. The zero-order valence-corrected chi connectivity index (χ0v) is 27.1. The van der Waals surface area contributed by atoms with E-state index in [-0.39, 0.29) is 76.0 Å². The van der Waals surface area contributed by atoms with Crippen molar-refractivity contribution in [3.05, 3.63) is 87.0 Å². The van der Waals surface area contributed by atoms with E-state index in [4.69, 9.17) is 9.47 Å². The van der Waals surface area contributed by atoms with Crippen LogP contribution >= 0.6 is 0 Å². The summed E-state index contributed by atoms with van der Waals surface area (Å²) in [6, 6.07) is 9.49. The molecule has 244 valence electrons. The fraction of sp³-hybridized carbons (Fsp3) is 0.361. The van der Waals surface area contributed by atoms with E-state index in [1.807, 2.05) is 35.0 Å². The van der Waals surface area contributed by atoms with Gasteiger partial charge in [0.1, 0.15) is 11.7 Å². The number of piperazine rings is 1. The van der Waals surface area contributed by atoms with Crippen molar-refractivity contribution in [1.82, 2.24) is 20.1 Å². The quantitative estimate of drug-likeness (QED) is 0.474. The maximum atomic E-state index is 14.1. The number of Topliss-reactive ketones (excluding diaryl/α,β-unsaturated/α-hetero) is 4. The van der Waals surface area contributed by atoms with E-state index in [1.54, 1.807) is 25.1 Å². The first-order chi connectivity index (χ1) is 23.0. The highest BCUT2D eigenvalue weighted by Crippen LogP contribution is 2.49. The van der Waals surface area contributed by atoms with Crippen LogP contribution in [-0.4, -0.2) is 102 Å². The molecule has 2 aliphatic carbocycles. The molecule has 0 unspecified atom stereocenters. The molecule has 48 heavy (non-hydrogen) atoms. The van der Waals surface area contributed by atoms with Crippen molar-refractivity contribution in [3.63, 3.8) is 0 Å². The predicted molar refractivity (Wildman–Crippen MR) is 171 cm³/mol. The third-order valence-corrected chi connectivity index (χ3v) is 10.5. The number of allylic oxidation sites excluding steroid dienone is 4. The molecule has 1 amide bonds. The molecule has 1 aromatic carbocycles. The van der Waals surface area contributed by atoms with Crippen molar-refractivity contribution in [2.75, 3.05) is 27.8 Å². The van der Waals surface area contributed by atoms with Gasteiger partial charge in [0.05, 0.1) is 37.9 Å². The average Bonchev–Trinajstić information content (AvgIpc) is 3.08. The number of benzene rings is 1. The number of carbonyl (C=O) groups excluding carboxylic acids is 5. The number of ether oxygens (including phenoxy) is 2. The van der Waals surface area contributed by atoms with E-state index in [9.17, 15) is 29.2 Å². The summed E-state index contributed by atoms with van der Waals surface area (Å²) in [5, 5.41) is 14.5. The summed E-state index contributed by atoms with van der Waals surface area (Å²) in [7, 11) is 4.48. The second-order valence-electron chi connectivity index (χ2n) is 12.7. The van der Waals surface area contributed by atoms with Crippen LogP contribution in [0.2, 0.25) is 0 Å². The molecule has 0 spiro atoms. The number of nitrogens with one attached hydrogen (secondary N) is 1. The zero-order chi connectivity index (χ0) is 34.2. The molecule has 1 N–H and O–H groups in total. The Balaban J connectivity index is 1.34. The Kier molecular flexibility index (Phi) is 7.49. The maximum Gasteiger partial charge on any atom is 0.269 e. The average molecular weight is 648 g/mol. The molecule has 0 radical (unpaired) electrons. The van der Waals surface area contributed by atoms with Gasteiger partial charge < -0.3 is 14.8 Å². The lowest BCUT2D eigenvalue weighted by molar-refractivity contribution is -0.125. The van der Waals surface area contributed by atoms with Crippen molar-refractivity contribution in [1.29, 1.82) is 5.26 Å². The second-order valence-corrected chi connectivity index (χ2v) is 12.7. The summed E-state index contributed by atoms with van der Waals surface area (Å²) in [6.07, 6.45) is 0.165. The molecule has 1 aromatic heterocycles. The van der Waals surface area contributed by atoms with Crippen molar-refractivity contribution in [2.24, 2.45) is 0 Å². The number of aromatic nitrogens is 1. The highest BCUT2D eigenvalue weighted by Gasteiger charge is 2.59. The van der Waals surface area contributed by atoms with Gasteiger partial charge in [0.25, 0.3) is 5.91 Å². The highest BCUT2D eigenvalue weighted by molar-refractivity contribution is 6.26. The molecule has 5 atom stereocenters. The van der Waals surface area contributed by atoms with Gasteiger partial charge in [0.2, 0.25) is 11.6 Å². The Morgan fingerprint density at radius 1 is 0.896 bits per heavy atom. The van der Waals surface area contributed by atoms with Gasteiger partial charge in [-0.05, 0) is 45.9 Å². The largest absolute Gasteiger partial charge is 0.492 e. The van der Waals surface area contributed by atoms with Gasteiger partial charge in [-0.25, -0.2) is 4.98 Å². The molecule has 7 rings (SSSR count). The zero-order valence-electron chi connectivity index (χ0n) is 27.1. The predicted octanol–water partition coefficient (Wildman–Crippen LogP) is 2.12. The van der Waals surface area contributed by atoms with Gasteiger partial charge in [-0.15, -0.1) is 0 Å². The Morgan fingerprint density at radius 3 is 2.15 bits per heavy atom. The molecular formula is C36H33N5O7. The molecule has 1 saturated heterocycles. The maximum absolute atomic E-state index is 14.1. The van der Waals surface area contributed by atoms with E-state index in [2.05, 4.69) is 16.4 Å². The third kappa shape index (κ3) is 4.34. The molecule has 12 nitrogen and oxygen atoms in total. The van der Waals surface area contributed by atoms with Crippen molar-refractivity contribution in [2.45, 2.75) is 56.9 Å². The standard InChI is InChI=1S/C36H33N5O7/c1-16-30(42)19-13-24-29-28-20(31(43)17(2)35(48-5)33(28)45)12-23(40(29)3)25(14-37)41(24)26(27(19)32(44)34(16)47-4)15-38-36(46)22-11-10-18-8-6-7-9-21(18)39-22/h6-11,23-26,29H,12-13,15H2,1-5H3,(H,38,46)/t23-,24-,25-,26-,29-/m0/s1. The minimum Gasteiger partial charge on any atom is -0.492 e. The fourth-order valence-electron chi connectivity index (χ4n) is 8.29. The third-order valence-electron chi connectivity index (χ3n) is 10.5. The van der Waals surface area contributed by atoms with Crippen molar-refractivity contribution >= 4 is 39.9 Å². The van der Waals surface area contributed by atoms with Crippen LogP contribution in [-0.2, 0) is 28.7 Å². The van der Waals surface area contributed by atoms with E-state index in [0.717, 1.165) is 5.39 Å². The molecule has 2 aromatic rings. The van der Waals surface area contributed by atoms with E-state index in [1.165, 1.54) is 21.1 Å². The van der Waals surface area contributed by atoms with Crippen LogP contribution in [0, 0.1) is 11.3 Å². The number of hydrogen-bond acceptors (Lipinski definition) is 11. The molecule has 1 fully saturated rings. The summed E-state index contributed by atoms with van der Waals surface area (Å²) in [4.78, 5) is 77.4. The number of carbonyl (C=O) groups is 5. The Labute approximate surface area is 276 Å². The summed E-state index contributed by atoms with van der Waals surface area (Å²) in [5.74, 6) is -2.20. The Hall–Kier alpha value is -5.25. The van der Waals surface area contributed by atoms with E-state index in [0.29, 0.717) is 11.1 Å². The smallest absolute Gasteiger partial charge is 0.269 e. The lowest BCUT2D eigenvalue weighted by Crippen LogP contribution is -2.74. The minimum absolute atomic E-state index is 0.0330. The number of nitrogens with zero attached hydrogens (tertiary/aromatic N) is 4. The van der Waals surface area contributed by atoms with Gasteiger partial charge in [-0.1, -0.05) is 24.3 Å². The van der Waals surface area contributed by atoms with Crippen LogP contribution in [0.5, 0.6) is 0 Å². The number of ketones is 4. The molecule has 0 saturated carbocycles.